The van der Waals surface area contributed by atoms with E-state index in [1.807, 2.05) is 88.4 Å². The first-order valence-electron chi connectivity index (χ1n) is 34.7. The highest BCUT2D eigenvalue weighted by Crippen LogP contribution is 2.42. The number of hydrogen-bond acceptors (Lipinski definition) is 15. The third kappa shape index (κ3) is 21.5. The molecule has 114 heavy (non-hydrogen) atoms. The molecule has 0 saturated carbocycles. The zero-order valence-electron chi connectivity index (χ0n) is 62.6. The van der Waals surface area contributed by atoms with Crippen LogP contribution < -0.4 is 28.4 Å². The van der Waals surface area contributed by atoms with Gasteiger partial charge < -0.3 is 43.6 Å². The molecule has 0 atom stereocenters. The number of carboxylic acid groups (broad SMARTS) is 1. The number of nitrogens with zero attached hydrogens (tertiary/aromatic N) is 9. The third-order valence-corrected chi connectivity index (χ3v) is 17.1. The molecule has 0 unspecified atom stereocenters. The average molecular weight is 1570 g/mol. The lowest BCUT2D eigenvalue weighted by Gasteiger charge is -2.11. The van der Waals surface area contributed by atoms with E-state index in [1.54, 1.807) is 142 Å². The van der Waals surface area contributed by atoms with Crippen molar-refractivity contribution < 1.29 is 92.5 Å². The molecule has 0 radical (unpaired) electrons. The lowest BCUT2D eigenvalue weighted by molar-refractivity contribution is -0.143. The summed E-state index contributed by atoms with van der Waals surface area (Å²) in [6.45, 7) is 13.5. The number of carbonyl (C=O) groups is 3. The van der Waals surface area contributed by atoms with Gasteiger partial charge in [-0.15, -0.1) is 0 Å². The van der Waals surface area contributed by atoms with Crippen LogP contribution in [0.5, 0.6) is 40.2 Å². The van der Waals surface area contributed by atoms with Gasteiger partial charge in [0.2, 0.25) is 0 Å². The molecule has 13 rings (SSSR count). The molecule has 8 aromatic carbocycles. The third-order valence-electron chi connectivity index (χ3n) is 17.1. The summed E-state index contributed by atoms with van der Waals surface area (Å²) in [6, 6.07) is 55.0. The van der Waals surface area contributed by atoms with Crippen LogP contribution in [0, 0.1) is 34.3 Å². The number of halogens is 9. The fraction of sp³-hybridized carbons (Fsp3) is 0.217. The van der Waals surface area contributed by atoms with Crippen LogP contribution in [0.2, 0.25) is 0 Å². The van der Waals surface area contributed by atoms with Gasteiger partial charge in [-0.05, 0) is 92.9 Å². The van der Waals surface area contributed by atoms with Gasteiger partial charge in [0.05, 0.1) is 38.9 Å². The molecule has 0 aliphatic carbocycles. The zero-order valence-corrected chi connectivity index (χ0v) is 62.6. The Morgan fingerprint density at radius 3 is 1.19 bits per heavy atom. The van der Waals surface area contributed by atoms with Crippen LogP contribution in [0.15, 0.2) is 188 Å². The maximum atomic E-state index is 13.1. The summed E-state index contributed by atoms with van der Waals surface area (Å²) in [6.07, 6.45) is -13.7. The monoisotopic (exact) mass is 1570 g/mol. The fourth-order valence-electron chi connectivity index (χ4n) is 11.4. The minimum Gasteiger partial charge on any atom is -0.504 e. The first-order valence-corrected chi connectivity index (χ1v) is 34.7. The number of aryl methyl sites for hydroxylation is 4. The van der Waals surface area contributed by atoms with E-state index in [4.69, 9.17) is 35.0 Å². The maximum absolute atomic E-state index is 13.1. The summed E-state index contributed by atoms with van der Waals surface area (Å²) in [4.78, 5) is 46.4. The quantitative estimate of drug-likeness (QED) is 0.0263. The number of aromatic nitrogens is 10. The van der Waals surface area contributed by atoms with Crippen molar-refractivity contribution in [3.63, 3.8) is 0 Å². The standard InChI is InChI=1S/C22H21F3N2O3.C21H19F3N2O4.C20H14F3N5O.C20H20N2O3/c1-14-4-8-17(9-5-14)19-21(30-12-16-6-10-18(29-3)11-7-16)20(15(2)28)27(26-19)13-22(23,24)25;1-13-3-7-15(8-4-13)17-19(30-11-14-5-9-16(29-2)10-6-14)18(20(27)28)26(25-17)12-21(22,23)24;1-11-3-5-12(6-4-11)16-18(29)17(28(27-16)10-20(21,22)23)19-25-14-8-7-13(24-2)9-15(14)26-19;1-13-4-8-16(9-5-13)19-20(18(14(2)23)21-22-19)25-12-15-6-10-17(24-3)11-7-15/h4-11H,12-13H2,1-3H3;3-10H,11-12H2,1-2H3,(H,27,28);3-9,29H,10H2,1H3,(H,25,26);4-11H,12H2,1-3H3,(H,21,22). The molecule has 22 nitrogen and oxygen atoms in total. The van der Waals surface area contributed by atoms with Crippen molar-refractivity contribution >= 4 is 34.3 Å². The van der Waals surface area contributed by atoms with E-state index in [0.717, 1.165) is 44.7 Å². The molecule has 0 aliphatic heterocycles. The number of carboxylic acids is 1. The van der Waals surface area contributed by atoms with Gasteiger partial charge in [-0.1, -0.05) is 162 Å². The number of benzene rings is 8. The van der Waals surface area contributed by atoms with E-state index >= 15 is 0 Å². The van der Waals surface area contributed by atoms with E-state index in [-0.39, 0.29) is 64.8 Å². The number of imidazole rings is 1. The highest BCUT2D eigenvalue weighted by atomic mass is 19.4. The van der Waals surface area contributed by atoms with Gasteiger partial charge in [0.1, 0.15) is 96.6 Å². The van der Waals surface area contributed by atoms with Crippen LogP contribution in [0.1, 0.15) is 84.3 Å². The summed E-state index contributed by atoms with van der Waals surface area (Å²) in [5.41, 5.74) is 10.4. The molecule has 0 spiro atoms. The number of hydrogen-bond donors (Lipinski definition) is 4. The molecule has 0 bridgehead atoms. The first kappa shape index (κ1) is 82.8. The molecule has 0 fully saturated rings. The molecular weight excluding hydrogens is 1500 g/mol. The minimum absolute atomic E-state index is 0.0326. The Balaban J connectivity index is 0.000000161. The SMILES string of the molecule is COc1ccc(COc2c(-c3ccc(C)cc3)n[nH]c2C(C)=O)cc1.COc1ccc(COc2c(-c3ccc(C)cc3)nn(CC(F)(F)F)c2C(=O)O)cc1.COc1ccc(COc2c(-c3ccc(C)cc3)nn(CC(F)(F)F)c2C(C)=O)cc1.[C-]#[N+]c1ccc2nc(-c3c(O)c(-c4ccc(C)cc4)nn3CC(F)(F)F)[nH]c2c1. The lowest BCUT2D eigenvalue weighted by Crippen LogP contribution is -2.22. The number of alkyl halides is 9. The zero-order chi connectivity index (χ0) is 82.3. The Morgan fingerprint density at radius 1 is 0.465 bits per heavy atom. The molecule has 5 heterocycles. The smallest absolute Gasteiger partial charge is 0.408 e. The Kier molecular flexibility index (Phi) is 26.2. The van der Waals surface area contributed by atoms with E-state index in [9.17, 15) is 64.1 Å². The van der Waals surface area contributed by atoms with Crippen molar-refractivity contribution in [2.45, 2.75) is 99.5 Å². The lowest BCUT2D eigenvalue weighted by atomic mass is 10.1. The van der Waals surface area contributed by atoms with Crippen LogP contribution in [0.4, 0.5) is 45.2 Å². The molecular formula is C83H74F9N11O11. The molecule has 13 aromatic rings. The minimum atomic E-state index is -4.64. The fourth-order valence-corrected chi connectivity index (χ4v) is 11.4. The average Bonchev–Trinajstić information content (AvgIpc) is 1.63. The number of nitrogens with one attached hydrogen (secondary N) is 2. The molecule has 31 heteroatoms. The second-order valence-corrected chi connectivity index (χ2v) is 25.9. The van der Waals surface area contributed by atoms with Crippen molar-refractivity contribution in [1.29, 1.82) is 0 Å². The molecule has 5 aromatic heterocycles. The van der Waals surface area contributed by atoms with Crippen molar-refractivity contribution in [3.05, 3.63) is 256 Å². The van der Waals surface area contributed by atoms with Gasteiger partial charge in [0.25, 0.3) is 0 Å². The second kappa shape index (κ2) is 36.0. The summed E-state index contributed by atoms with van der Waals surface area (Å²) in [5, 5.41) is 39.4. The summed E-state index contributed by atoms with van der Waals surface area (Å²) in [5.74, 6) is -0.218. The van der Waals surface area contributed by atoms with Crippen molar-refractivity contribution in [1.82, 2.24) is 49.5 Å². The largest absolute Gasteiger partial charge is 0.504 e. The number of aromatic hydroxyl groups is 1. The van der Waals surface area contributed by atoms with E-state index < -0.39 is 61.4 Å². The van der Waals surface area contributed by atoms with Crippen molar-refractivity contribution in [2.24, 2.45) is 0 Å². The van der Waals surface area contributed by atoms with E-state index in [0.29, 0.717) is 88.3 Å². The number of fused-ring (bicyclic) bond motifs is 1. The first-order chi connectivity index (χ1) is 54.2. The van der Waals surface area contributed by atoms with Gasteiger partial charge in [0.15, 0.2) is 51.8 Å². The number of aromatic carboxylic acids is 1. The Hall–Kier alpha value is -13.7. The highest BCUT2D eigenvalue weighted by Gasteiger charge is 2.37. The van der Waals surface area contributed by atoms with Crippen LogP contribution >= 0.6 is 0 Å². The second-order valence-electron chi connectivity index (χ2n) is 25.9. The topological polar surface area (TPSA) is 262 Å². The van der Waals surface area contributed by atoms with Gasteiger partial charge in [0, 0.05) is 36.1 Å². The van der Waals surface area contributed by atoms with Crippen molar-refractivity contribution in [2.75, 3.05) is 21.3 Å². The maximum Gasteiger partial charge on any atom is 0.408 e. The number of Topliss-reactive ketones (excluding diaryl/α,β-unsaturated/α-hetero) is 2. The number of aromatic amines is 2. The number of carbonyl (C=O) groups excluding carboxylic acids is 2. The number of H-pyrrole nitrogens is 2. The summed E-state index contributed by atoms with van der Waals surface area (Å²) >= 11 is 0. The molecule has 0 amide bonds. The summed E-state index contributed by atoms with van der Waals surface area (Å²) in [7, 11) is 4.70. The van der Waals surface area contributed by atoms with Crippen LogP contribution in [-0.4, -0.2) is 117 Å². The van der Waals surface area contributed by atoms with Gasteiger partial charge >= 0.3 is 24.5 Å². The normalized spacial score (nSPS) is 11.3. The van der Waals surface area contributed by atoms with Crippen LogP contribution in [0.3, 0.4) is 0 Å². The predicted octanol–water partition coefficient (Wildman–Crippen LogP) is 19.3. The number of ketones is 2. The Morgan fingerprint density at radius 2 is 0.825 bits per heavy atom. The number of ether oxygens (including phenoxy) is 6. The Bertz CT molecular complexity index is 5360. The summed E-state index contributed by atoms with van der Waals surface area (Å²) < 4.78 is 152. The molecule has 590 valence electrons. The van der Waals surface area contributed by atoms with Crippen molar-refractivity contribution in [3.8, 4) is 96.8 Å². The van der Waals surface area contributed by atoms with E-state index in [2.05, 4.69) is 40.3 Å². The molecule has 0 saturated heterocycles. The number of rotatable bonds is 23. The van der Waals surface area contributed by atoms with E-state index in [1.165, 1.54) is 21.0 Å². The van der Waals surface area contributed by atoms with Crippen LogP contribution in [-0.2, 0) is 39.5 Å². The predicted molar refractivity (Wildman–Crippen MR) is 406 cm³/mol. The van der Waals surface area contributed by atoms with Crippen LogP contribution in [0.25, 0.3) is 72.4 Å². The molecule has 0 aliphatic rings. The Labute approximate surface area is 646 Å². The van der Waals surface area contributed by atoms with Gasteiger partial charge in [-0.25, -0.2) is 28.7 Å². The molecule has 4 N–H and O–H groups in total. The van der Waals surface area contributed by atoms with Gasteiger partial charge in [-0.3, -0.25) is 14.7 Å². The highest BCUT2D eigenvalue weighted by molar-refractivity contribution is 5.98. The number of methoxy groups -OCH3 is 3. The van der Waals surface area contributed by atoms with Gasteiger partial charge in [-0.2, -0.15) is 59.9 Å².